The van der Waals surface area contributed by atoms with Gasteiger partial charge in [-0.05, 0) is 29.8 Å². The van der Waals surface area contributed by atoms with Gasteiger partial charge in [0.25, 0.3) is 5.91 Å². The van der Waals surface area contributed by atoms with Gasteiger partial charge in [-0.3, -0.25) is 4.79 Å². The number of hydrogen-bond donors (Lipinski definition) is 1. The average Bonchev–Trinajstić information content (AvgIpc) is 3.21. The minimum Gasteiger partial charge on any atom is -0.454 e. The fraction of sp³-hybridized carbons (Fsp3) is 0.0588. The van der Waals surface area contributed by atoms with Crippen molar-refractivity contribution in [2.75, 3.05) is 6.79 Å². The van der Waals surface area contributed by atoms with Crippen LogP contribution in [0.25, 0.3) is 10.1 Å². The Bertz CT molecular complexity index is 917. The molecule has 0 spiro atoms. The summed E-state index contributed by atoms with van der Waals surface area (Å²) in [6.45, 7) is 0.234. The summed E-state index contributed by atoms with van der Waals surface area (Å²) in [6, 6.07) is 13.3. The van der Waals surface area contributed by atoms with Gasteiger partial charge in [-0.25, -0.2) is 5.43 Å². The van der Waals surface area contributed by atoms with E-state index in [1.807, 2.05) is 47.8 Å². The molecule has 1 aliphatic rings. The predicted molar refractivity (Wildman–Crippen MR) is 89.5 cm³/mol. The number of rotatable bonds is 3. The van der Waals surface area contributed by atoms with Crippen molar-refractivity contribution in [1.29, 1.82) is 0 Å². The van der Waals surface area contributed by atoms with E-state index in [-0.39, 0.29) is 12.7 Å². The van der Waals surface area contributed by atoms with Gasteiger partial charge in [0.2, 0.25) is 6.79 Å². The quantitative estimate of drug-likeness (QED) is 0.593. The van der Waals surface area contributed by atoms with E-state index in [0.29, 0.717) is 11.3 Å². The number of hydrazone groups is 1. The molecule has 114 valence electrons. The first-order chi connectivity index (χ1) is 11.3. The molecule has 1 N–H and O–H groups in total. The number of thiophene rings is 1. The van der Waals surface area contributed by atoms with Crippen LogP contribution < -0.4 is 14.9 Å². The first kappa shape index (κ1) is 13.8. The summed E-state index contributed by atoms with van der Waals surface area (Å²) in [5.41, 5.74) is 4.02. The molecule has 5 nitrogen and oxygen atoms in total. The summed E-state index contributed by atoms with van der Waals surface area (Å²) in [5.74, 6) is 1.18. The number of amides is 1. The minimum absolute atomic E-state index is 0.223. The number of carbonyl (C=O) groups excluding carboxylic acids is 1. The number of nitrogens with one attached hydrogen (secondary N) is 1. The van der Waals surface area contributed by atoms with Crippen molar-refractivity contribution in [3.05, 3.63) is 59.0 Å². The predicted octanol–water partition coefficient (Wildman–Crippen LogP) is 3.39. The highest BCUT2D eigenvalue weighted by atomic mass is 32.1. The lowest BCUT2D eigenvalue weighted by Crippen LogP contribution is -2.17. The standard InChI is InChI=1S/C17H12N2O3S/c20-17(13-9-23-16-4-2-1-3-12(13)16)19-18-8-11-5-6-14-15(7-11)22-10-21-14/h1-9H,10H2,(H,19,20). The summed E-state index contributed by atoms with van der Waals surface area (Å²) in [7, 11) is 0. The minimum atomic E-state index is -0.223. The van der Waals surface area contributed by atoms with E-state index in [4.69, 9.17) is 9.47 Å². The number of fused-ring (bicyclic) bond motifs is 2. The van der Waals surface area contributed by atoms with Crippen molar-refractivity contribution >= 4 is 33.5 Å². The fourth-order valence-electron chi connectivity index (χ4n) is 2.37. The van der Waals surface area contributed by atoms with Crippen LogP contribution in [-0.2, 0) is 0 Å². The lowest BCUT2D eigenvalue weighted by Gasteiger charge is -1.99. The molecule has 0 aliphatic carbocycles. The summed E-state index contributed by atoms with van der Waals surface area (Å²) < 4.78 is 11.6. The molecular formula is C17H12N2O3S. The molecule has 1 aromatic heterocycles. The van der Waals surface area contributed by atoms with Gasteiger partial charge < -0.3 is 9.47 Å². The van der Waals surface area contributed by atoms with Crippen LogP contribution in [0.4, 0.5) is 0 Å². The molecule has 2 aromatic carbocycles. The maximum Gasteiger partial charge on any atom is 0.272 e. The monoisotopic (exact) mass is 324 g/mol. The zero-order chi connectivity index (χ0) is 15.6. The highest BCUT2D eigenvalue weighted by Gasteiger charge is 2.13. The first-order valence-corrected chi connectivity index (χ1v) is 7.88. The van der Waals surface area contributed by atoms with E-state index in [0.717, 1.165) is 21.4 Å². The molecule has 0 saturated heterocycles. The van der Waals surface area contributed by atoms with E-state index in [1.165, 1.54) is 0 Å². The maximum absolute atomic E-state index is 12.2. The van der Waals surface area contributed by atoms with Gasteiger partial charge in [0, 0.05) is 15.5 Å². The molecule has 0 bridgehead atoms. The third-order valence-electron chi connectivity index (χ3n) is 3.50. The molecule has 0 saturated carbocycles. The molecule has 0 radical (unpaired) electrons. The van der Waals surface area contributed by atoms with E-state index < -0.39 is 0 Å². The van der Waals surface area contributed by atoms with Crippen molar-refractivity contribution in [3.8, 4) is 11.5 Å². The second kappa shape index (κ2) is 5.73. The molecule has 1 amide bonds. The Hall–Kier alpha value is -2.86. The van der Waals surface area contributed by atoms with Gasteiger partial charge >= 0.3 is 0 Å². The molecular weight excluding hydrogens is 312 g/mol. The third kappa shape index (κ3) is 2.64. The van der Waals surface area contributed by atoms with Gasteiger partial charge in [0.1, 0.15) is 0 Å². The zero-order valence-corrected chi connectivity index (χ0v) is 12.8. The highest BCUT2D eigenvalue weighted by molar-refractivity contribution is 7.17. The Kier molecular flexibility index (Phi) is 3.44. The first-order valence-electron chi connectivity index (χ1n) is 7.00. The molecule has 3 aromatic rings. The number of benzene rings is 2. The van der Waals surface area contributed by atoms with Crippen LogP contribution in [0.1, 0.15) is 15.9 Å². The van der Waals surface area contributed by atoms with Crippen LogP contribution in [0.5, 0.6) is 11.5 Å². The molecule has 2 heterocycles. The van der Waals surface area contributed by atoms with E-state index >= 15 is 0 Å². The Balaban J connectivity index is 1.49. The lowest BCUT2D eigenvalue weighted by atomic mass is 10.2. The Labute approximate surface area is 136 Å². The van der Waals surface area contributed by atoms with Crippen molar-refractivity contribution < 1.29 is 14.3 Å². The molecule has 0 unspecified atom stereocenters. The van der Waals surface area contributed by atoms with Crippen molar-refractivity contribution in [2.24, 2.45) is 5.10 Å². The Morgan fingerprint density at radius 2 is 2.04 bits per heavy atom. The van der Waals surface area contributed by atoms with Crippen LogP contribution in [0.2, 0.25) is 0 Å². The van der Waals surface area contributed by atoms with Crippen LogP contribution in [0, 0.1) is 0 Å². The summed E-state index contributed by atoms with van der Waals surface area (Å²) in [6.07, 6.45) is 1.58. The average molecular weight is 324 g/mol. The maximum atomic E-state index is 12.2. The third-order valence-corrected chi connectivity index (χ3v) is 4.47. The lowest BCUT2D eigenvalue weighted by molar-refractivity contribution is 0.0957. The normalized spacial score (nSPS) is 12.9. The van der Waals surface area contributed by atoms with E-state index in [2.05, 4.69) is 10.5 Å². The van der Waals surface area contributed by atoms with Gasteiger partial charge in [0.15, 0.2) is 11.5 Å². The molecule has 23 heavy (non-hydrogen) atoms. The number of nitrogens with zero attached hydrogens (tertiary/aromatic N) is 1. The second-order valence-corrected chi connectivity index (χ2v) is 5.87. The van der Waals surface area contributed by atoms with Gasteiger partial charge in [-0.1, -0.05) is 18.2 Å². The smallest absolute Gasteiger partial charge is 0.272 e. The van der Waals surface area contributed by atoms with Crippen LogP contribution >= 0.6 is 11.3 Å². The molecule has 4 rings (SSSR count). The Morgan fingerprint density at radius 3 is 3.00 bits per heavy atom. The van der Waals surface area contributed by atoms with Crippen molar-refractivity contribution in [3.63, 3.8) is 0 Å². The summed E-state index contributed by atoms with van der Waals surface area (Å²) in [5, 5.41) is 6.80. The number of ether oxygens (including phenoxy) is 2. The molecule has 0 atom stereocenters. The highest BCUT2D eigenvalue weighted by Crippen LogP contribution is 2.32. The molecule has 1 aliphatic heterocycles. The SMILES string of the molecule is O=C(NN=Cc1ccc2c(c1)OCO2)c1csc2ccccc12. The topological polar surface area (TPSA) is 59.9 Å². The largest absolute Gasteiger partial charge is 0.454 e. The number of carbonyl (C=O) groups is 1. The van der Waals surface area contributed by atoms with Crippen LogP contribution in [0.15, 0.2) is 52.9 Å². The Morgan fingerprint density at radius 1 is 1.17 bits per heavy atom. The molecule has 6 heteroatoms. The van der Waals surface area contributed by atoms with Crippen LogP contribution in [0.3, 0.4) is 0 Å². The van der Waals surface area contributed by atoms with E-state index in [1.54, 1.807) is 17.6 Å². The van der Waals surface area contributed by atoms with Crippen molar-refractivity contribution in [1.82, 2.24) is 5.43 Å². The van der Waals surface area contributed by atoms with Gasteiger partial charge in [0.05, 0.1) is 11.8 Å². The van der Waals surface area contributed by atoms with Gasteiger partial charge in [-0.15, -0.1) is 11.3 Å². The zero-order valence-electron chi connectivity index (χ0n) is 12.0. The van der Waals surface area contributed by atoms with Crippen LogP contribution in [-0.4, -0.2) is 18.9 Å². The van der Waals surface area contributed by atoms with Gasteiger partial charge in [-0.2, -0.15) is 5.10 Å². The summed E-state index contributed by atoms with van der Waals surface area (Å²) in [4.78, 5) is 12.2. The second-order valence-electron chi connectivity index (χ2n) is 4.96. The molecule has 0 fully saturated rings. The number of hydrogen-bond acceptors (Lipinski definition) is 5. The van der Waals surface area contributed by atoms with Crippen molar-refractivity contribution in [2.45, 2.75) is 0 Å². The summed E-state index contributed by atoms with van der Waals surface area (Å²) >= 11 is 1.54. The van der Waals surface area contributed by atoms with E-state index in [9.17, 15) is 4.79 Å². The fourth-order valence-corrected chi connectivity index (χ4v) is 3.31.